The largest absolute Gasteiger partial charge is 0.472 e. The van der Waals surface area contributed by atoms with E-state index in [1.165, 1.54) is 122 Å². The number of epoxide rings is 1. The van der Waals surface area contributed by atoms with Crippen molar-refractivity contribution in [2.24, 2.45) is 5.73 Å². The van der Waals surface area contributed by atoms with Crippen LogP contribution in [0.4, 0.5) is 0 Å². The highest BCUT2D eigenvalue weighted by molar-refractivity contribution is 7.47. The van der Waals surface area contributed by atoms with Gasteiger partial charge in [0.25, 0.3) is 0 Å². The van der Waals surface area contributed by atoms with Gasteiger partial charge in [0, 0.05) is 19.4 Å². The number of carbonyl (C=O) groups is 2. The summed E-state index contributed by atoms with van der Waals surface area (Å²) < 4.78 is 38.6. The van der Waals surface area contributed by atoms with Crippen molar-refractivity contribution in [3.05, 3.63) is 36.5 Å². The van der Waals surface area contributed by atoms with Crippen LogP contribution in [0.25, 0.3) is 0 Å². The van der Waals surface area contributed by atoms with Gasteiger partial charge in [0.2, 0.25) is 0 Å². The third kappa shape index (κ3) is 36.1. The van der Waals surface area contributed by atoms with Gasteiger partial charge >= 0.3 is 19.8 Å². The highest BCUT2D eigenvalue weighted by Gasteiger charge is 2.36. The second-order valence-electron chi connectivity index (χ2n) is 16.0. The minimum absolute atomic E-state index is 0.0443. The van der Waals surface area contributed by atoms with Gasteiger partial charge < -0.3 is 24.8 Å². The number of phosphoric acid groups is 1. The van der Waals surface area contributed by atoms with Crippen molar-refractivity contribution in [2.75, 3.05) is 26.4 Å². The predicted molar refractivity (Wildman–Crippen MR) is 238 cm³/mol. The molecule has 0 aliphatic carbocycles. The summed E-state index contributed by atoms with van der Waals surface area (Å²) in [5, 5.41) is 0. The lowest BCUT2D eigenvalue weighted by Crippen LogP contribution is -2.29. The van der Waals surface area contributed by atoms with E-state index in [1.807, 2.05) is 0 Å². The molecule has 3 N–H and O–H groups in total. The fourth-order valence-electron chi connectivity index (χ4n) is 6.79. The van der Waals surface area contributed by atoms with Gasteiger partial charge in [0.05, 0.1) is 25.4 Å². The van der Waals surface area contributed by atoms with Crippen LogP contribution in [0.5, 0.6) is 0 Å². The van der Waals surface area contributed by atoms with Gasteiger partial charge in [-0.3, -0.25) is 18.6 Å². The number of hydrogen-bond acceptors (Lipinski definition) is 9. The lowest BCUT2D eigenvalue weighted by atomic mass is 10.0. The van der Waals surface area contributed by atoms with Crippen molar-refractivity contribution in [1.29, 1.82) is 0 Å². The van der Waals surface area contributed by atoms with Crippen molar-refractivity contribution < 1.29 is 42.3 Å². The Balaban J connectivity index is 2.18. The molecule has 0 radical (unpaired) electrons. The summed E-state index contributed by atoms with van der Waals surface area (Å²) in [6, 6.07) is 0. The summed E-state index contributed by atoms with van der Waals surface area (Å²) in [5.74, 6) is -0.895. The fraction of sp³-hybridized carbons (Fsp3) is 0.830. The Bertz CT molecular complexity index is 1110. The number of ether oxygens (including phenoxy) is 3. The molecule has 11 heteroatoms. The average molecular weight is 840 g/mol. The molecule has 0 bridgehead atoms. The van der Waals surface area contributed by atoms with Gasteiger partial charge in [0.15, 0.2) is 6.10 Å². The molecule has 1 heterocycles. The zero-order valence-corrected chi connectivity index (χ0v) is 37.9. The van der Waals surface area contributed by atoms with Crippen LogP contribution in [0.1, 0.15) is 206 Å². The molecule has 0 spiro atoms. The molecule has 1 saturated heterocycles. The third-order valence-electron chi connectivity index (χ3n) is 10.4. The summed E-state index contributed by atoms with van der Waals surface area (Å²) in [6.45, 7) is 3.65. The Kier molecular flexibility index (Phi) is 36.8. The molecule has 4 atom stereocenters. The molecule has 10 nitrogen and oxygen atoms in total. The van der Waals surface area contributed by atoms with Crippen molar-refractivity contribution in [3.63, 3.8) is 0 Å². The van der Waals surface area contributed by atoms with E-state index in [0.717, 1.165) is 44.9 Å². The molecule has 1 aliphatic rings. The van der Waals surface area contributed by atoms with E-state index >= 15 is 0 Å². The number of esters is 2. The number of carbonyl (C=O) groups excluding carboxylic acids is 2. The molecule has 1 fully saturated rings. The van der Waals surface area contributed by atoms with E-state index in [2.05, 4.69) is 50.3 Å². The first-order valence-corrected chi connectivity index (χ1v) is 25.1. The first-order valence-electron chi connectivity index (χ1n) is 23.6. The Morgan fingerprint density at radius 3 is 1.64 bits per heavy atom. The highest BCUT2D eigenvalue weighted by Crippen LogP contribution is 2.43. The van der Waals surface area contributed by atoms with Crippen LogP contribution >= 0.6 is 7.82 Å². The van der Waals surface area contributed by atoms with Crippen LogP contribution in [0.3, 0.4) is 0 Å². The van der Waals surface area contributed by atoms with Crippen LogP contribution in [0, 0.1) is 0 Å². The SMILES string of the molecule is CCCCC/C=C\C/C=C\CC1OC1C/C=C\CCCC(=O)OC[C@H](COP(=O)(O)OCCN)OC(=O)CCCCCCCCCCCCCCCCCCCCC. The van der Waals surface area contributed by atoms with E-state index in [1.54, 1.807) is 0 Å². The maximum absolute atomic E-state index is 12.6. The number of unbranched alkanes of at least 4 members (excludes halogenated alkanes) is 22. The monoisotopic (exact) mass is 840 g/mol. The van der Waals surface area contributed by atoms with Gasteiger partial charge in [-0.25, -0.2) is 4.57 Å². The Morgan fingerprint density at radius 1 is 0.603 bits per heavy atom. The maximum atomic E-state index is 12.6. The number of nitrogens with two attached hydrogens (primary N) is 1. The quantitative estimate of drug-likeness (QED) is 0.0200. The fourth-order valence-corrected chi connectivity index (χ4v) is 7.55. The molecule has 1 rings (SSSR count). The zero-order chi connectivity index (χ0) is 42.2. The van der Waals surface area contributed by atoms with Crippen LogP contribution in [-0.4, -0.2) is 61.5 Å². The van der Waals surface area contributed by atoms with Crippen LogP contribution in [-0.2, 0) is 37.4 Å². The molecular weight excluding hydrogens is 753 g/mol. The lowest BCUT2D eigenvalue weighted by Gasteiger charge is -2.19. The molecule has 338 valence electrons. The maximum Gasteiger partial charge on any atom is 0.472 e. The smallest absolute Gasteiger partial charge is 0.462 e. The predicted octanol–water partition coefficient (Wildman–Crippen LogP) is 12.7. The highest BCUT2D eigenvalue weighted by atomic mass is 31.2. The normalized spacial score (nSPS) is 17.0. The molecule has 0 aromatic heterocycles. The molecule has 1 aliphatic heterocycles. The summed E-state index contributed by atoms with van der Waals surface area (Å²) in [5.41, 5.74) is 5.36. The van der Waals surface area contributed by atoms with Crippen molar-refractivity contribution >= 4 is 19.8 Å². The van der Waals surface area contributed by atoms with Gasteiger partial charge in [-0.1, -0.05) is 179 Å². The molecule has 0 aromatic carbocycles. The minimum atomic E-state index is -4.40. The van der Waals surface area contributed by atoms with Crippen molar-refractivity contribution in [3.8, 4) is 0 Å². The molecular formula is C47H86NO9P. The summed E-state index contributed by atoms with van der Waals surface area (Å²) in [7, 11) is -4.40. The number of hydrogen-bond donors (Lipinski definition) is 2. The van der Waals surface area contributed by atoms with Gasteiger partial charge in [-0.2, -0.15) is 0 Å². The van der Waals surface area contributed by atoms with Crippen molar-refractivity contribution in [1.82, 2.24) is 0 Å². The molecule has 0 amide bonds. The van der Waals surface area contributed by atoms with Crippen molar-refractivity contribution in [2.45, 2.75) is 225 Å². The number of rotatable bonds is 43. The third-order valence-corrected chi connectivity index (χ3v) is 11.4. The Hall–Kier alpha value is -1.81. The van der Waals surface area contributed by atoms with Gasteiger partial charge in [-0.05, 0) is 51.4 Å². The van der Waals surface area contributed by atoms with E-state index in [0.29, 0.717) is 12.8 Å². The van der Waals surface area contributed by atoms with E-state index in [-0.39, 0.29) is 44.8 Å². The average Bonchev–Trinajstić information content (AvgIpc) is 3.97. The molecule has 58 heavy (non-hydrogen) atoms. The zero-order valence-electron chi connectivity index (χ0n) is 37.0. The lowest BCUT2D eigenvalue weighted by molar-refractivity contribution is -0.161. The van der Waals surface area contributed by atoms with Gasteiger partial charge in [0.1, 0.15) is 6.61 Å². The summed E-state index contributed by atoms with van der Waals surface area (Å²) in [4.78, 5) is 35.0. The number of allylic oxidation sites excluding steroid dienone is 4. The van der Waals surface area contributed by atoms with Crippen LogP contribution in [0.15, 0.2) is 36.5 Å². The summed E-state index contributed by atoms with van der Waals surface area (Å²) in [6.07, 6.45) is 46.3. The molecule has 3 unspecified atom stereocenters. The molecule has 0 saturated carbocycles. The Morgan fingerprint density at radius 2 is 1.07 bits per heavy atom. The van der Waals surface area contributed by atoms with Crippen LogP contribution in [0.2, 0.25) is 0 Å². The first kappa shape index (κ1) is 54.2. The second kappa shape index (κ2) is 39.3. The topological polar surface area (TPSA) is 147 Å². The minimum Gasteiger partial charge on any atom is -0.462 e. The van der Waals surface area contributed by atoms with E-state index in [4.69, 9.17) is 29.0 Å². The first-order chi connectivity index (χ1) is 28.3. The molecule has 0 aromatic rings. The summed E-state index contributed by atoms with van der Waals surface area (Å²) >= 11 is 0. The van der Waals surface area contributed by atoms with Gasteiger partial charge in [-0.15, -0.1) is 0 Å². The number of phosphoric ester groups is 1. The van der Waals surface area contributed by atoms with E-state index < -0.39 is 32.5 Å². The standard InChI is InChI=1S/C47H86NO9P/c1-3-5-7-9-11-13-14-15-16-17-18-19-20-21-22-24-26-28-34-38-47(50)56-43(42-55-58(51,52)54-40-39-48)41-53-46(49)37-33-30-29-32-36-45-44(57-45)35-31-27-25-23-12-10-8-6-4-2/h12,23,27,29,31-32,43-45H,3-11,13-22,24-26,28,30,33-42,48H2,1-2H3,(H,51,52)/b23-12-,31-27-,32-29-/t43-,44?,45?/m1/s1. The van der Waals surface area contributed by atoms with Crippen LogP contribution < -0.4 is 5.73 Å². The second-order valence-corrected chi connectivity index (χ2v) is 17.5. The Labute approximate surface area is 354 Å². The van der Waals surface area contributed by atoms with E-state index in [9.17, 15) is 19.0 Å².